The van der Waals surface area contributed by atoms with Crippen LogP contribution in [0.15, 0.2) is 4.99 Å². The minimum atomic E-state index is 0.844. The predicted molar refractivity (Wildman–Crippen MR) is 63.6 cm³/mol. The van der Waals surface area contributed by atoms with E-state index in [0.717, 1.165) is 45.1 Å². The Hall–Kier alpha value is -0.810. The molecule has 88 valence electrons. The fraction of sp³-hybridized carbons (Fsp3) is 0.900. The molecule has 1 aliphatic heterocycles. The van der Waals surface area contributed by atoms with Gasteiger partial charge in [0.25, 0.3) is 0 Å². The quantitative estimate of drug-likeness (QED) is 0.225. The normalized spacial score (nSPS) is 19.4. The first kappa shape index (κ1) is 12.3. The van der Waals surface area contributed by atoms with Crippen LogP contribution in [0.1, 0.15) is 19.8 Å². The first-order valence-corrected chi connectivity index (χ1v) is 5.72. The van der Waals surface area contributed by atoms with Gasteiger partial charge in [0, 0.05) is 32.7 Å². The van der Waals surface area contributed by atoms with Crippen molar-refractivity contribution in [3.63, 3.8) is 0 Å². The molecule has 0 spiro atoms. The maximum Gasteiger partial charge on any atom is 0.208 e. The van der Waals surface area contributed by atoms with Gasteiger partial charge in [-0.3, -0.25) is 10.4 Å². The molecule has 0 aliphatic carbocycles. The maximum absolute atomic E-state index is 5.48. The van der Waals surface area contributed by atoms with Gasteiger partial charge in [0.2, 0.25) is 5.96 Å². The number of aliphatic imine (C=N–C) groups is 1. The van der Waals surface area contributed by atoms with E-state index < -0.39 is 0 Å². The summed E-state index contributed by atoms with van der Waals surface area (Å²) in [6, 6.07) is 0. The molecule has 0 saturated carbocycles. The molecular formula is C10H23N5. The van der Waals surface area contributed by atoms with Crippen LogP contribution >= 0.6 is 0 Å². The third-order valence-corrected chi connectivity index (χ3v) is 2.71. The first-order chi connectivity index (χ1) is 7.27. The highest BCUT2D eigenvalue weighted by Crippen LogP contribution is 1.99. The number of hydrogen-bond acceptors (Lipinski definition) is 3. The molecule has 15 heavy (non-hydrogen) atoms. The van der Waals surface area contributed by atoms with Gasteiger partial charge < -0.3 is 9.80 Å². The lowest BCUT2D eigenvalue weighted by molar-refractivity contribution is 0.211. The largest absolute Gasteiger partial charge is 0.339 e. The van der Waals surface area contributed by atoms with Gasteiger partial charge in [-0.05, 0) is 13.5 Å². The van der Waals surface area contributed by atoms with E-state index >= 15 is 0 Å². The Bertz CT molecular complexity index is 196. The second-order valence-electron chi connectivity index (χ2n) is 3.99. The number of nitrogens with zero attached hydrogens (tertiary/aromatic N) is 3. The molecule has 0 unspecified atom stereocenters. The maximum atomic E-state index is 5.48. The zero-order valence-electron chi connectivity index (χ0n) is 9.87. The van der Waals surface area contributed by atoms with E-state index in [4.69, 9.17) is 5.84 Å². The molecule has 1 fully saturated rings. The molecular weight excluding hydrogens is 190 g/mol. The van der Waals surface area contributed by atoms with Gasteiger partial charge in [0.1, 0.15) is 0 Å². The number of nitrogens with two attached hydrogens (primary N) is 1. The molecule has 0 aromatic carbocycles. The Morgan fingerprint density at radius 1 is 1.33 bits per heavy atom. The Balaban J connectivity index is 2.40. The number of piperazine rings is 1. The molecule has 1 heterocycles. The van der Waals surface area contributed by atoms with Crippen molar-refractivity contribution in [2.75, 3.05) is 39.8 Å². The molecule has 0 radical (unpaired) electrons. The van der Waals surface area contributed by atoms with E-state index in [0.29, 0.717) is 0 Å². The van der Waals surface area contributed by atoms with E-state index in [9.17, 15) is 0 Å². The predicted octanol–water partition coefficient (Wildman–Crippen LogP) is -0.147. The van der Waals surface area contributed by atoms with Crippen molar-refractivity contribution in [3.05, 3.63) is 0 Å². The lowest BCUT2D eigenvalue weighted by atomic mass is 10.3. The van der Waals surface area contributed by atoms with E-state index in [2.05, 4.69) is 34.2 Å². The number of hydrogen-bond donors (Lipinski definition) is 2. The van der Waals surface area contributed by atoms with Gasteiger partial charge in [-0.1, -0.05) is 13.3 Å². The van der Waals surface area contributed by atoms with Gasteiger partial charge in [-0.25, -0.2) is 5.84 Å². The summed E-state index contributed by atoms with van der Waals surface area (Å²) in [4.78, 5) is 9.00. The molecule has 5 nitrogen and oxygen atoms in total. The topological polar surface area (TPSA) is 56.9 Å². The number of unbranched alkanes of at least 4 members (excludes halogenated alkanes) is 1. The minimum Gasteiger partial charge on any atom is -0.339 e. The molecule has 0 atom stereocenters. The van der Waals surface area contributed by atoms with E-state index in [1.54, 1.807) is 0 Å². The second kappa shape index (κ2) is 6.63. The minimum absolute atomic E-state index is 0.844. The number of likely N-dealkylation sites (N-methyl/N-ethyl adjacent to an activating group) is 1. The number of hydrazine groups is 1. The fourth-order valence-electron chi connectivity index (χ4n) is 1.60. The lowest BCUT2D eigenvalue weighted by Crippen LogP contribution is -2.53. The summed E-state index contributed by atoms with van der Waals surface area (Å²) >= 11 is 0. The van der Waals surface area contributed by atoms with Crippen LogP contribution in [0.5, 0.6) is 0 Å². The van der Waals surface area contributed by atoms with Crippen LogP contribution in [0.2, 0.25) is 0 Å². The Labute approximate surface area is 92.3 Å². The van der Waals surface area contributed by atoms with Crippen LogP contribution < -0.4 is 11.3 Å². The highest BCUT2D eigenvalue weighted by molar-refractivity contribution is 5.79. The van der Waals surface area contributed by atoms with Crippen molar-refractivity contribution in [1.29, 1.82) is 0 Å². The van der Waals surface area contributed by atoms with Crippen LogP contribution in [0.4, 0.5) is 0 Å². The van der Waals surface area contributed by atoms with Crippen molar-refractivity contribution < 1.29 is 0 Å². The average molecular weight is 213 g/mol. The fourth-order valence-corrected chi connectivity index (χ4v) is 1.60. The van der Waals surface area contributed by atoms with Crippen molar-refractivity contribution in [2.45, 2.75) is 19.8 Å². The first-order valence-electron chi connectivity index (χ1n) is 5.72. The molecule has 1 saturated heterocycles. The molecule has 1 rings (SSSR count). The molecule has 0 amide bonds. The van der Waals surface area contributed by atoms with Crippen molar-refractivity contribution in [3.8, 4) is 0 Å². The number of rotatable bonds is 3. The van der Waals surface area contributed by atoms with Gasteiger partial charge in [0.15, 0.2) is 0 Å². The Kier molecular flexibility index (Phi) is 5.42. The number of guanidine groups is 1. The van der Waals surface area contributed by atoms with Crippen LogP contribution in [0.25, 0.3) is 0 Å². The summed E-state index contributed by atoms with van der Waals surface area (Å²) in [6.45, 7) is 7.20. The van der Waals surface area contributed by atoms with Gasteiger partial charge >= 0.3 is 0 Å². The third-order valence-electron chi connectivity index (χ3n) is 2.71. The summed E-state index contributed by atoms with van der Waals surface area (Å²) in [5.41, 5.74) is 2.70. The van der Waals surface area contributed by atoms with Gasteiger partial charge in [-0.15, -0.1) is 0 Å². The zero-order chi connectivity index (χ0) is 11.1. The van der Waals surface area contributed by atoms with E-state index in [1.165, 1.54) is 6.42 Å². The molecule has 3 N–H and O–H groups in total. The molecule has 5 heteroatoms. The summed E-state index contributed by atoms with van der Waals surface area (Å²) in [5.74, 6) is 6.33. The van der Waals surface area contributed by atoms with E-state index in [1.807, 2.05) is 0 Å². The third kappa shape index (κ3) is 4.05. The van der Waals surface area contributed by atoms with E-state index in [-0.39, 0.29) is 0 Å². The summed E-state index contributed by atoms with van der Waals surface area (Å²) in [6.07, 6.45) is 2.29. The van der Waals surface area contributed by atoms with Crippen molar-refractivity contribution in [2.24, 2.45) is 10.8 Å². The molecule has 0 bridgehead atoms. The van der Waals surface area contributed by atoms with Crippen LogP contribution in [0.3, 0.4) is 0 Å². The van der Waals surface area contributed by atoms with Crippen molar-refractivity contribution in [1.82, 2.24) is 15.2 Å². The summed E-state index contributed by atoms with van der Waals surface area (Å²) in [7, 11) is 2.14. The van der Waals surface area contributed by atoms with Gasteiger partial charge in [0.05, 0.1) is 0 Å². The standard InChI is InChI=1S/C10H23N5/c1-3-4-5-12-10(13-11)15-8-6-14(2)7-9-15/h3-9,11H2,1-2H3,(H,12,13). The second-order valence-corrected chi connectivity index (χ2v) is 3.99. The highest BCUT2D eigenvalue weighted by Gasteiger charge is 2.16. The molecule has 1 aliphatic rings. The Morgan fingerprint density at radius 2 is 2.00 bits per heavy atom. The summed E-state index contributed by atoms with van der Waals surface area (Å²) in [5, 5.41) is 0. The average Bonchev–Trinajstić information content (AvgIpc) is 2.26. The molecule has 0 aromatic heterocycles. The molecule has 0 aromatic rings. The van der Waals surface area contributed by atoms with Gasteiger partial charge in [-0.2, -0.15) is 0 Å². The SMILES string of the molecule is CCCCN=C(NN)N1CCN(C)CC1. The van der Waals surface area contributed by atoms with Crippen LogP contribution in [0, 0.1) is 0 Å². The van der Waals surface area contributed by atoms with Crippen LogP contribution in [-0.2, 0) is 0 Å². The monoisotopic (exact) mass is 213 g/mol. The van der Waals surface area contributed by atoms with Crippen LogP contribution in [-0.4, -0.2) is 55.5 Å². The highest BCUT2D eigenvalue weighted by atomic mass is 15.4. The Morgan fingerprint density at radius 3 is 2.53 bits per heavy atom. The zero-order valence-corrected chi connectivity index (χ0v) is 9.87. The smallest absolute Gasteiger partial charge is 0.208 e. The lowest BCUT2D eigenvalue weighted by Gasteiger charge is -2.34. The summed E-state index contributed by atoms with van der Waals surface area (Å²) < 4.78 is 0. The number of nitrogens with one attached hydrogen (secondary N) is 1. The van der Waals surface area contributed by atoms with Crippen molar-refractivity contribution >= 4 is 5.96 Å².